The summed E-state index contributed by atoms with van der Waals surface area (Å²) in [6.45, 7) is 1.99. The maximum Gasteiger partial charge on any atom is 0.416 e. The third-order valence-electron chi connectivity index (χ3n) is 4.65. The van der Waals surface area contributed by atoms with Gasteiger partial charge in [0.1, 0.15) is 5.69 Å². The van der Waals surface area contributed by atoms with Crippen LogP contribution >= 0.6 is 0 Å². The minimum absolute atomic E-state index is 0.0240. The Morgan fingerprint density at radius 3 is 2.47 bits per heavy atom. The Morgan fingerprint density at radius 1 is 1.17 bits per heavy atom. The minimum Gasteiger partial charge on any atom is -0.305 e. The van der Waals surface area contributed by atoms with E-state index in [0.29, 0.717) is 5.69 Å². The molecule has 0 saturated heterocycles. The van der Waals surface area contributed by atoms with Gasteiger partial charge in [0, 0.05) is 24.6 Å². The molecule has 4 rings (SSSR count). The third kappa shape index (κ3) is 3.49. The number of nitrogens with one attached hydrogen (secondary N) is 1. The van der Waals surface area contributed by atoms with Crippen molar-refractivity contribution in [3.05, 3.63) is 65.7 Å². The normalized spacial score (nSPS) is 16.3. The van der Waals surface area contributed by atoms with Crippen molar-refractivity contribution in [1.29, 1.82) is 0 Å². The van der Waals surface area contributed by atoms with Crippen molar-refractivity contribution in [2.24, 2.45) is 0 Å². The van der Waals surface area contributed by atoms with Crippen molar-refractivity contribution in [2.45, 2.75) is 19.1 Å². The Labute approximate surface area is 168 Å². The molecule has 2 aromatic heterocycles. The number of halogens is 3. The van der Waals surface area contributed by atoms with Gasteiger partial charge in [-0.3, -0.25) is 19.6 Å². The van der Waals surface area contributed by atoms with E-state index in [1.165, 1.54) is 40.3 Å². The van der Waals surface area contributed by atoms with Gasteiger partial charge >= 0.3 is 6.18 Å². The van der Waals surface area contributed by atoms with Gasteiger partial charge < -0.3 is 4.90 Å². The number of aromatic nitrogens is 4. The maximum absolute atomic E-state index is 13.1. The average molecular weight is 416 g/mol. The second-order valence-corrected chi connectivity index (χ2v) is 6.69. The Bertz CT molecular complexity index is 1100. The first-order chi connectivity index (χ1) is 14.3. The van der Waals surface area contributed by atoms with Crippen molar-refractivity contribution in [3.63, 3.8) is 0 Å². The van der Waals surface area contributed by atoms with Crippen LogP contribution in [0.5, 0.6) is 0 Å². The Hall–Kier alpha value is -3.76. The van der Waals surface area contributed by atoms with Crippen LogP contribution in [0.15, 0.2) is 48.9 Å². The molecule has 1 N–H and O–H groups in total. The number of carbonyl (C=O) groups excluding carboxylic acids is 2. The van der Waals surface area contributed by atoms with Gasteiger partial charge in [0.25, 0.3) is 11.8 Å². The highest BCUT2D eigenvalue weighted by Crippen LogP contribution is 2.32. The van der Waals surface area contributed by atoms with E-state index >= 15 is 0 Å². The van der Waals surface area contributed by atoms with Gasteiger partial charge in [0.15, 0.2) is 0 Å². The van der Waals surface area contributed by atoms with E-state index in [1.54, 1.807) is 13.0 Å². The summed E-state index contributed by atoms with van der Waals surface area (Å²) in [5, 5.41) is 6.64. The average Bonchev–Trinajstić information content (AvgIpc) is 3.17. The van der Waals surface area contributed by atoms with E-state index in [0.717, 1.165) is 12.1 Å². The summed E-state index contributed by atoms with van der Waals surface area (Å²) >= 11 is 0. The molecular formula is C19H15F3N6O2. The SMILES string of the molecule is C[C@H]1CN(c2ccc(C(F)(F)F)cc2)C(=O)c2c(C(=O)Nc3ncccn3)cnn21. The van der Waals surface area contributed by atoms with Crippen molar-refractivity contribution >= 4 is 23.5 Å². The Kier molecular flexibility index (Phi) is 4.72. The molecule has 0 fully saturated rings. The smallest absolute Gasteiger partial charge is 0.305 e. The van der Waals surface area contributed by atoms with E-state index in [1.807, 2.05) is 0 Å². The van der Waals surface area contributed by atoms with Crippen LogP contribution in [0, 0.1) is 0 Å². The fourth-order valence-electron chi connectivity index (χ4n) is 3.21. The molecule has 11 heteroatoms. The monoisotopic (exact) mass is 416 g/mol. The number of nitrogens with zero attached hydrogens (tertiary/aromatic N) is 5. The van der Waals surface area contributed by atoms with E-state index in [2.05, 4.69) is 20.4 Å². The van der Waals surface area contributed by atoms with E-state index in [9.17, 15) is 22.8 Å². The summed E-state index contributed by atoms with van der Waals surface area (Å²) in [6, 6.07) is 5.59. The Morgan fingerprint density at radius 2 is 1.83 bits per heavy atom. The van der Waals surface area contributed by atoms with Gasteiger partial charge in [-0.05, 0) is 37.3 Å². The molecule has 30 heavy (non-hydrogen) atoms. The van der Waals surface area contributed by atoms with E-state index in [-0.39, 0.29) is 29.8 Å². The second-order valence-electron chi connectivity index (χ2n) is 6.69. The highest BCUT2D eigenvalue weighted by atomic mass is 19.4. The lowest BCUT2D eigenvalue weighted by atomic mass is 10.1. The molecule has 1 aliphatic heterocycles. The number of anilines is 2. The van der Waals surface area contributed by atoms with Crippen molar-refractivity contribution < 1.29 is 22.8 Å². The topological polar surface area (TPSA) is 93.0 Å². The molecule has 1 aliphatic rings. The molecule has 1 atom stereocenters. The number of alkyl halides is 3. The first-order valence-electron chi connectivity index (χ1n) is 8.90. The van der Waals surface area contributed by atoms with Crippen molar-refractivity contribution in [2.75, 3.05) is 16.8 Å². The fraction of sp³-hybridized carbons (Fsp3) is 0.211. The molecule has 0 unspecified atom stereocenters. The predicted octanol–water partition coefficient (Wildman–Crippen LogP) is 3.17. The molecule has 3 aromatic rings. The first kappa shape index (κ1) is 19.6. The molecule has 0 saturated carbocycles. The van der Waals surface area contributed by atoms with Crippen LogP contribution in [0.3, 0.4) is 0 Å². The van der Waals surface area contributed by atoms with Crippen LogP contribution in [0.25, 0.3) is 0 Å². The third-order valence-corrected chi connectivity index (χ3v) is 4.65. The summed E-state index contributed by atoms with van der Waals surface area (Å²) in [5.74, 6) is -1.08. The van der Waals surface area contributed by atoms with Crippen LogP contribution in [0.2, 0.25) is 0 Å². The van der Waals surface area contributed by atoms with Crippen LogP contribution in [0.4, 0.5) is 24.8 Å². The van der Waals surface area contributed by atoms with Gasteiger partial charge in [0.2, 0.25) is 5.95 Å². The zero-order chi connectivity index (χ0) is 21.5. The lowest BCUT2D eigenvalue weighted by Gasteiger charge is -2.32. The minimum atomic E-state index is -4.47. The standard InChI is InChI=1S/C19H15F3N6O2/c1-11-10-27(13-5-3-12(4-6-13)19(20,21)22)17(30)15-14(9-25-28(11)15)16(29)26-18-23-7-2-8-24-18/h2-9,11H,10H2,1H3,(H,23,24,26,29)/t11-/m0/s1. The first-order valence-corrected chi connectivity index (χ1v) is 8.90. The number of benzene rings is 1. The fourth-order valence-corrected chi connectivity index (χ4v) is 3.21. The molecule has 0 radical (unpaired) electrons. The van der Waals surface area contributed by atoms with Gasteiger partial charge in [0.05, 0.1) is 23.4 Å². The summed E-state index contributed by atoms with van der Waals surface area (Å²) in [6.07, 6.45) is -0.287. The number of rotatable bonds is 3. The van der Waals surface area contributed by atoms with Crippen LogP contribution < -0.4 is 10.2 Å². The lowest BCUT2D eigenvalue weighted by molar-refractivity contribution is -0.137. The maximum atomic E-state index is 13.1. The molecule has 8 nitrogen and oxygen atoms in total. The molecule has 154 valence electrons. The number of fused-ring (bicyclic) bond motifs is 1. The zero-order valence-electron chi connectivity index (χ0n) is 15.6. The molecule has 3 heterocycles. The summed E-state index contributed by atoms with van der Waals surface area (Å²) in [7, 11) is 0. The molecular weight excluding hydrogens is 401 g/mol. The summed E-state index contributed by atoms with van der Waals surface area (Å²) in [5.41, 5.74) is -0.445. The van der Waals surface area contributed by atoms with Gasteiger partial charge in [-0.15, -0.1) is 0 Å². The molecule has 2 amide bonds. The van der Waals surface area contributed by atoms with Crippen LogP contribution in [0.1, 0.15) is 39.4 Å². The lowest BCUT2D eigenvalue weighted by Crippen LogP contribution is -2.43. The molecule has 0 spiro atoms. The van der Waals surface area contributed by atoms with Gasteiger partial charge in [-0.2, -0.15) is 18.3 Å². The zero-order valence-corrected chi connectivity index (χ0v) is 15.6. The highest BCUT2D eigenvalue weighted by molar-refractivity contribution is 6.15. The Balaban J connectivity index is 1.65. The molecule has 1 aromatic carbocycles. The van der Waals surface area contributed by atoms with Crippen LogP contribution in [-0.2, 0) is 6.18 Å². The number of hydrogen-bond acceptors (Lipinski definition) is 5. The van der Waals surface area contributed by atoms with Crippen molar-refractivity contribution in [3.8, 4) is 0 Å². The summed E-state index contributed by atoms with van der Waals surface area (Å²) < 4.78 is 39.9. The van der Waals surface area contributed by atoms with E-state index < -0.39 is 23.6 Å². The van der Waals surface area contributed by atoms with Gasteiger partial charge in [-0.1, -0.05) is 0 Å². The van der Waals surface area contributed by atoms with Gasteiger partial charge in [-0.25, -0.2) is 9.97 Å². The quantitative estimate of drug-likeness (QED) is 0.708. The van der Waals surface area contributed by atoms with E-state index in [4.69, 9.17) is 0 Å². The second kappa shape index (κ2) is 7.25. The number of carbonyl (C=O) groups is 2. The summed E-state index contributed by atoms with van der Waals surface area (Å²) in [4.78, 5) is 34.9. The van der Waals surface area contributed by atoms with Crippen LogP contribution in [-0.4, -0.2) is 38.1 Å². The number of amides is 2. The predicted molar refractivity (Wildman–Crippen MR) is 100 cm³/mol. The highest BCUT2D eigenvalue weighted by Gasteiger charge is 2.36. The van der Waals surface area contributed by atoms with Crippen molar-refractivity contribution in [1.82, 2.24) is 19.7 Å². The number of hydrogen-bond donors (Lipinski definition) is 1. The molecule has 0 bridgehead atoms. The largest absolute Gasteiger partial charge is 0.416 e. The molecule has 0 aliphatic carbocycles.